The van der Waals surface area contributed by atoms with Crippen molar-refractivity contribution in [1.82, 2.24) is 30.0 Å². The van der Waals surface area contributed by atoms with E-state index in [1.54, 1.807) is 10.9 Å². The number of nitrogens with one attached hydrogen (secondary N) is 1. The van der Waals surface area contributed by atoms with E-state index in [4.69, 9.17) is 0 Å². The highest BCUT2D eigenvalue weighted by Crippen LogP contribution is 2.20. The summed E-state index contributed by atoms with van der Waals surface area (Å²) in [6.45, 7) is 1.95. The molecule has 26 heavy (non-hydrogen) atoms. The number of carbonyl (C=O) groups excluding carboxylic acids is 2. The SMILES string of the molecule is Cc1cccnc1-n1nc(-c2ccccc2)nc1CN1C(=O)CNC1=O. The fourth-order valence-corrected chi connectivity index (χ4v) is 2.78. The molecule has 0 atom stereocenters. The number of urea groups is 1. The fourth-order valence-electron chi connectivity index (χ4n) is 2.78. The van der Waals surface area contributed by atoms with Crippen molar-refractivity contribution in [3.05, 3.63) is 60.0 Å². The Bertz CT molecular complexity index is 966. The zero-order chi connectivity index (χ0) is 18.1. The van der Waals surface area contributed by atoms with Gasteiger partial charge in [-0.25, -0.2) is 14.8 Å². The van der Waals surface area contributed by atoms with Gasteiger partial charge in [0, 0.05) is 11.8 Å². The summed E-state index contributed by atoms with van der Waals surface area (Å²) >= 11 is 0. The minimum atomic E-state index is -0.427. The number of imide groups is 1. The van der Waals surface area contributed by atoms with Gasteiger partial charge in [-0.1, -0.05) is 36.4 Å². The molecule has 0 radical (unpaired) electrons. The molecule has 1 fully saturated rings. The number of nitrogens with zero attached hydrogens (tertiary/aromatic N) is 5. The second-order valence-electron chi connectivity index (χ2n) is 5.91. The Morgan fingerprint density at radius 2 is 1.92 bits per heavy atom. The van der Waals surface area contributed by atoms with Crippen molar-refractivity contribution in [3.8, 4) is 17.2 Å². The summed E-state index contributed by atoms with van der Waals surface area (Å²) in [5, 5.41) is 7.09. The first-order valence-corrected chi connectivity index (χ1v) is 8.15. The number of benzene rings is 1. The molecule has 0 aliphatic carbocycles. The van der Waals surface area contributed by atoms with Crippen LogP contribution in [0.15, 0.2) is 48.7 Å². The number of aromatic nitrogens is 4. The van der Waals surface area contributed by atoms with E-state index in [0.717, 1.165) is 16.0 Å². The molecule has 0 saturated carbocycles. The van der Waals surface area contributed by atoms with Crippen molar-refractivity contribution in [1.29, 1.82) is 0 Å². The lowest BCUT2D eigenvalue weighted by atomic mass is 10.2. The molecule has 1 aliphatic heterocycles. The Kier molecular flexibility index (Phi) is 3.92. The maximum absolute atomic E-state index is 12.0. The van der Waals surface area contributed by atoms with E-state index in [1.807, 2.05) is 49.4 Å². The smallest absolute Gasteiger partial charge is 0.325 e. The summed E-state index contributed by atoms with van der Waals surface area (Å²) in [7, 11) is 0. The summed E-state index contributed by atoms with van der Waals surface area (Å²) in [6.07, 6.45) is 1.67. The van der Waals surface area contributed by atoms with E-state index in [-0.39, 0.29) is 19.0 Å². The van der Waals surface area contributed by atoms with Gasteiger partial charge in [-0.2, -0.15) is 4.68 Å². The highest BCUT2D eigenvalue weighted by atomic mass is 16.2. The monoisotopic (exact) mass is 348 g/mol. The van der Waals surface area contributed by atoms with Gasteiger partial charge in [0.1, 0.15) is 0 Å². The van der Waals surface area contributed by atoms with Crippen LogP contribution in [0.5, 0.6) is 0 Å². The highest BCUT2D eigenvalue weighted by molar-refractivity contribution is 6.01. The molecule has 0 spiro atoms. The molecule has 130 valence electrons. The van der Waals surface area contributed by atoms with Crippen molar-refractivity contribution >= 4 is 11.9 Å². The molecule has 4 rings (SSSR count). The first-order chi connectivity index (χ1) is 12.6. The van der Waals surface area contributed by atoms with Gasteiger partial charge in [-0.3, -0.25) is 9.69 Å². The maximum atomic E-state index is 12.0. The second kappa shape index (κ2) is 6.40. The minimum absolute atomic E-state index is 0.00112. The number of rotatable bonds is 4. The predicted molar refractivity (Wildman–Crippen MR) is 93.3 cm³/mol. The molecule has 0 bridgehead atoms. The van der Waals surface area contributed by atoms with Gasteiger partial charge in [0.15, 0.2) is 17.5 Å². The van der Waals surface area contributed by atoms with Crippen LogP contribution in [0.1, 0.15) is 11.4 Å². The van der Waals surface area contributed by atoms with E-state index in [0.29, 0.717) is 17.5 Å². The van der Waals surface area contributed by atoms with Gasteiger partial charge < -0.3 is 5.32 Å². The average Bonchev–Trinajstić information content (AvgIpc) is 3.22. The van der Waals surface area contributed by atoms with Gasteiger partial charge in [-0.05, 0) is 18.6 Å². The van der Waals surface area contributed by atoms with E-state index < -0.39 is 6.03 Å². The second-order valence-corrected chi connectivity index (χ2v) is 5.91. The molecule has 8 nitrogen and oxygen atoms in total. The Balaban J connectivity index is 1.81. The lowest BCUT2D eigenvalue weighted by molar-refractivity contribution is -0.125. The topological polar surface area (TPSA) is 93.0 Å². The van der Waals surface area contributed by atoms with E-state index >= 15 is 0 Å². The van der Waals surface area contributed by atoms with Gasteiger partial charge in [0.25, 0.3) is 0 Å². The molecule has 3 amide bonds. The molecular formula is C18H16N6O2. The van der Waals surface area contributed by atoms with E-state index in [2.05, 4.69) is 20.4 Å². The molecule has 0 unspecified atom stereocenters. The average molecular weight is 348 g/mol. The van der Waals surface area contributed by atoms with Crippen molar-refractivity contribution in [2.75, 3.05) is 6.54 Å². The Hall–Kier alpha value is -3.55. The van der Waals surface area contributed by atoms with Crippen LogP contribution in [0.25, 0.3) is 17.2 Å². The standard InChI is InChI=1S/C18H16N6O2/c1-12-6-5-9-19-17(12)24-14(11-23-15(25)10-20-18(23)26)21-16(22-24)13-7-3-2-4-8-13/h2-9H,10-11H2,1H3,(H,20,26). The molecule has 1 aliphatic rings. The molecule has 1 N–H and O–H groups in total. The van der Waals surface area contributed by atoms with Crippen LogP contribution in [-0.4, -0.2) is 43.1 Å². The molecular weight excluding hydrogens is 332 g/mol. The summed E-state index contributed by atoms with van der Waals surface area (Å²) in [6, 6.07) is 12.9. The number of hydrogen-bond acceptors (Lipinski definition) is 5. The zero-order valence-corrected chi connectivity index (χ0v) is 14.1. The van der Waals surface area contributed by atoms with Gasteiger partial charge in [-0.15, -0.1) is 5.10 Å². The van der Waals surface area contributed by atoms with Gasteiger partial charge >= 0.3 is 6.03 Å². The Labute approximate surface area is 149 Å². The normalized spacial score (nSPS) is 14.0. The third-order valence-electron chi connectivity index (χ3n) is 4.13. The van der Waals surface area contributed by atoms with Crippen LogP contribution in [0.4, 0.5) is 4.79 Å². The zero-order valence-electron chi connectivity index (χ0n) is 14.1. The minimum Gasteiger partial charge on any atom is -0.329 e. The van der Waals surface area contributed by atoms with Crippen molar-refractivity contribution in [2.45, 2.75) is 13.5 Å². The van der Waals surface area contributed by atoms with Gasteiger partial charge in [0.05, 0.1) is 13.1 Å². The van der Waals surface area contributed by atoms with Crippen LogP contribution in [0.2, 0.25) is 0 Å². The Morgan fingerprint density at radius 3 is 2.62 bits per heavy atom. The third kappa shape index (κ3) is 2.81. The van der Waals surface area contributed by atoms with Crippen molar-refractivity contribution < 1.29 is 9.59 Å². The van der Waals surface area contributed by atoms with E-state index in [9.17, 15) is 9.59 Å². The van der Waals surface area contributed by atoms with Crippen LogP contribution in [-0.2, 0) is 11.3 Å². The molecule has 2 aromatic heterocycles. The van der Waals surface area contributed by atoms with Crippen molar-refractivity contribution in [2.24, 2.45) is 0 Å². The number of carbonyl (C=O) groups is 2. The Morgan fingerprint density at radius 1 is 1.12 bits per heavy atom. The van der Waals surface area contributed by atoms with E-state index in [1.165, 1.54) is 0 Å². The quantitative estimate of drug-likeness (QED) is 0.724. The number of hydrogen-bond donors (Lipinski definition) is 1. The molecule has 3 heterocycles. The summed E-state index contributed by atoms with van der Waals surface area (Å²) < 4.78 is 1.59. The summed E-state index contributed by atoms with van der Waals surface area (Å²) in [4.78, 5) is 33.9. The largest absolute Gasteiger partial charge is 0.329 e. The number of amides is 3. The van der Waals surface area contributed by atoms with Crippen LogP contribution in [0, 0.1) is 6.92 Å². The first-order valence-electron chi connectivity index (χ1n) is 8.15. The molecule has 1 aromatic carbocycles. The fraction of sp³-hybridized carbons (Fsp3) is 0.167. The van der Waals surface area contributed by atoms with Crippen LogP contribution in [0.3, 0.4) is 0 Å². The third-order valence-corrected chi connectivity index (χ3v) is 4.13. The van der Waals surface area contributed by atoms with Crippen LogP contribution >= 0.6 is 0 Å². The lowest BCUT2D eigenvalue weighted by Crippen LogP contribution is -2.31. The molecule has 1 saturated heterocycles. The predicted octanol–water partition coefficient (Wildman–Crippen LogP) is 1.69. The summed E-state index contributed by atoms with van der Waals surface area (Å²) in [5.74, 6) is 1.31. The lowest BCUT2D eigenvalue weighted by Gasteiger charge is -2.13. The number of pyridine rings is 1. The maximum Gasteiger partial charge on any atom is 0.325 e. The van der Waals surface area contributed by atoms with Crippen molar-refractivity contribution in [3.63, 3.8) is 0 Å². The number of aryl methyl sites for hydroxylation is 1. The van der Waals surface area contributed by atoms with Gasteiger partial charge in [0.2, 0.25) is 5.91 Å². The molecule has 3 aromatic rings. The van der Waals surface area contributed by atoms with Crippen LogP contribution < -0.4 is 5.32 Å². The highest BCUT2D eigenvalue weighted by Gasteiger charge is 2.30. The summed E-state index contributed by atoms with van der Waals surface area (Å²) in [5.41, 5.74) is 1.76. The molecule has 8 heteroatoms. The first kappa shape index (κ1) is 15.9.